The summed E-state index contributed by atoms with van der Waals surface area (Å²) < 4.78 is 1.74. The van der Waals surface area contributed by atoms with E-state index >= 15 is 0 Å². The summed E-state index contributed by atoms with van der Waals surface area (Å²) in [5.41, 5.74) is 0.613. The normalized spacial score (nSPS) is 10.4. The second-order valence-electron chi connectivity index (χ2n) is 4.83. The summed E-state index contributed by atoms with van der Waals surface area (Å²) in [6, 6.07) is 5.53. The van der Waals surface area contributed by atoms with Gasteiger partial charge >= 0.3 is 0 Å². The average Bonchev–Trinajstić information content (AvgIpc) is 2.39. The largest absolute Gasteiger partial charge is 0.356 e. The second kappa shape index (κ2) is 8.61. The summed E-state index contributed by atoms with van der Waals surface area (Å²) in [4.78, 5) is 23.5. The Hall–Kier alpha value is -0.630. The molecule has 0 fully saturated rings. The molecule has 0 aliphatic heterocycles. The molecule has 0 aromatic heterocycles. The number of halogens is 2. The van der Waals surface area contributed by atoms with Gasteiger partial charge in [0.25, 0.3) is 5.91 Å². The van der Waals surface area contributed by atoms with Gasteiger partial charge in [0.15, 0.2) is 0 Å². The van der Waals surface area contributed by atoms with Crippen LogP contribution in [0.5, 0.6) is 0 Å². The fraction of sp³-hybridized carbons (Fsp3) is 0.429. The molecule has 0 radical (unpaired) electrons. The minimum atomic E-state index is -0.160. The van der Waals surface area contributed by atoms with Crippen LogP contribution in [0, 0.1) is 9.49 Å². The van der Waals surface area contributed by atoms with Crippen molar-refractivity contribution >= 4 is 50.3 Å². The zero-order chi connectivity index (χ0) is 15.1. The summed E-state index contributed by atoms with van der Waals surface area (Å²) in [5.74, 6) is 0.229. The Morgan fingerprint density at radius 2 is 2.00 bits per heavy atom. The summed E-state index contributed by atoms with van der Waals surface area (Å²) in [5, 5.41) is 5.58. The Morgan fingerprint density at radius 1 is 1.30 bits per heavy atom. The highest BCUT2D eigenvalue weighted by Crippen LogP contribution is 2.18. The molecule has 6 heteroatoms. The molecule has 20 heavy (non-hydrogen) atoms. The smallest absolute Gasteiger partial charge is 0.252 e. The van der Waals surface area contributed by atoms with Gasteiger partial charge in [0.1, 0.15) is 0 Å². The number of amides is 2. The Kier molecular flexibility index (Phi) is 7.50. The van der Waals surface area contributed by atoms with Crippen LogP contribution in [0.4, 0.5) is 0 Å². The van der Waals surface area contributed by atoms with Crippen molar-refractivity contribution in [3.8, 4) is 0 Å². The van der Waals surface area contributed by atoms with Crippen LogP contribution in [0.15, 0.2) is 22.7 Å². The second-order valence-corrected chi connectivity index (χ2v) is 6.91. The van der Waals surface area contributed by atoms with E-state index in [0.717, 1.165) is 8.04 Å². The molecule has 1 rings (SSSR count). The van der Waals surface area contributed by atoms with E-state index in [1.54, 1.807) is 6.07 Å². The van der Waals surface area contributed by atoms with E-state index in [0.29, 0.717) is 31.0 Å². The minimum absolute atomic E-state index is 0.0389. The van der Waals surface area contributed by atoms with E-state index in [1.165, 1.54) is 0 Å². The van der Waals surface area contributed by atoms with Crippen LogP contribution in [-0.4, -0.2) is 24.9 Å². The Balaban J connectivity index is 2.40. The number of carbonyl (C=O) groups excluding carboxylic acids is 2. The lowest BCUT2D eigenvalue weighted by molar-refractivity contribution is -0.121. The molecule has 0 spiro atoms. The molecule has 2 amide bonds. The average molecular weight is 453 g/mol. The number of hydrogen-bond acceptors (Lipinski definition) is 2. The highest BCUT2D eigenvalue weighted by molar-refractivity contribution is 14.1. The maximum Gasteiger partial charge on any atom is 0.252 e. The monoisotopic (exact) mass is 452 g/mol. The van der Waals surface area contributed by atoms with Gasteiger partial charge in [-0.25, -0.2) is 0 Å². The molecule has 0 aliphatic carbocycles. The molecule has 2 N–H and O–H groups in total. The molecule has 0 unspecified atom stereocenters. The third-order valence-electron chi connectivity index (χ3n) is 2.52. The van der Waals surface area contributed by atoms with Crippen molar-refractivity contribution in [2.24, 2.45) is 5.92 Å². The maximum absolute atomic E-state index is 12.0. The fourth-order valence-corrected chi connectivity index (χ4v) is 2.40. The standard InChI is InChI=1S/C14H18BrIN2O2/c1-9(2)8-18-13(19)5-6-17-14(20)11-7-10(15)3-4-12(11)16/h3-4,7,9H,5-6,8H2,1-2H3,(H,17,20)(H,18,19). The van der Waals surface area contributed by atoms with Crippen LogP contribution < -0.4 is 10.6 Å². The highest BCUT2D eigenvalue weighted by Gasteiger charge is 2.10. The first-order chi connectivity index (χ1) is 9.40. The minimum Gasteiger partial charge on any atom is -0.356 e. The molecule has 0 aliphatic rings. The number of hydrogen-bond donors (Lipinski definition) is 2. The van der Waals surface area contributed by atoms with E-state index < -0.39 is 0 Å². The first-order valence-corrected chi connectivity index (χ1v) is 8.27. The third-order valence-corrected chi connectivity index (χ3v) is 3.95. The first-order valence-electron chi connectivity index (χ1n) is 6.40. The predicted octanol–water partition coefficient (Wildman–Crippen LogP) is 2.95. The van der Waals surface area contributed by atoms with Gasteiger partial charge < -0.3 is 10.6 Å². The summed E-state index contributed by atoms with van der Waals surface area (Å²) in [6.45, 7) is 5.08. The van der Waals surface area contributed by atoms with Crippen LogP contribution >= 0.6 is 38.5 Å². The number of rotatable bonds is 6. The molecular weight excluding hydrogens is 435 g/mol. The SMILES string of the molecule is CC(C)CNC(=O)CCNC(=O)c1cc(Br)ccc1I. The molecule has 0 heterocycles. The summed E-state index contributed by atoms with van der Waals surface area (Å²) in [7, 11) is 0. The van der Waals surface area contributed by atoms with Crippen LogP contribution in [0.2, 0.25) is 0 Å². The van der Waals surface area contributed by atoms with Crippen molar-refractivity contribution in [2.45, 2.75) is 20.3 Å². The lowest BCUT2D eigenvalue weighted by atomic mass is 10.2. The summed E-state index contributed by atoms with van der Waals surface area (Å²) >= 11 is 5.46. The lowest BCUT2D eigenvalue weighted by Gasteiger charge is -2.09. The molecule has 1 aromatic rings. The van der Waals surface area contributed by atoms with Gasteiger partial charge in [-0.2, -0.15) is 0 Å². The van der Waals surface area contributed by atoms with Crippen molar-refractivity contribution in [3.05, 3.63) is 31.8 Å². The van der Waals surface area contributed by atoms with Gasteiger partial charge in [-0.1, -0.05) is 29.8 Å². The quantitative estimate of drug-likeness (QED) is 0.652. The fourth-order valence-electron chi connectivity index (χ4n) is 1.46. The van der Waals surface area contributed by atoms with E-state index in [4.69, 9.17) is 0 Å². The van der Waals surface area contributed by atoms with Crippen molar-refractivity contribution < 1.29 is 9.59 Å². The van der Waals surface area contributed by atoms with Crippen molar-refractivity contribution in [2.75, 3.05) is 13.1 Å². The number of benzene rings is 1. The van der Waals surface area contributed by atoms with Gasteiger partial charge in [-0.05, 0) is 46.7 Å². The third kappa shape index (κ3) is 6.21. The molecule has 110 valence electrons. The molecule has 4 nitrogen and oxygen atoms in total. The Labute approximate surface area is 141 Å². The van der Waals surface area contributed by atoms with Gasteiger partial charge in [0, 0.05) is 27.6 Å². The van der Waals surface area contributed by atoms with E-state index in [-0.39, 0.29) is 11.8 Å². The maximum atomic E-state index is 12.0. The Bertz CT molecular complexity index is 492. The Morgan fingerprint density at radius 3 is 2.65 bits per heavy atom. The van der Waals surface area contributed by atoms with E-state index in [1.807, 2.05) is 26.0 Å². The van der Waals surface area contributed by atoms with Crippen LogP contribution in [0.3, 0.4) is 0 Å². The van der Waals surface area contributed by atoms with Gasteiger partial charge in [-0.3, -0.25) is 9.59 Å². The summed E-state index contributed by atoms with van der Waals surface area (Å²) in [6.07, 6.45) is 0.295. The molecule has 0 saturated heterocycles. The van der Waals surface area contributed by atoms with Crippen molar-refractivity contribution in [1.82, 2.24) is 10.6 Å². The topological polar surface area (TPSA) is 58.2 Å². The zero-order valence-corrected chi connectivity index (χ0v) is 15.2. The number of carbonyl (C=O) groups is 2. The van der Waals surface area contributed by atoms with Gasteiger partial charge in [0.2, 0.25) is 5.91 Å². The van der Waals surface area contributed by atoms with Crippen LogP contribution in [0.1, 0.15) is 30.6 Å². The first kappa shape index (κ1) is 17.4. The molecular formula is C14H18BrIN2O2. The van der Waals surface area contributed by atoms with Gasteiger partial charge in [0.05, 0.1) is 5.56 Å². The van der Waals surface area contributed by atoms with E-state index in [2.05, 4.69) is 49.2 Å². The predicted molar refractivity (Wildman–Crippen MR) is 91.7 cm³/mol. The molecule has 0 saturated carbocycles. The highest BCUT2D eigenvalue weighted by atomic mass is 127. The lowest BCUT2D eigenvalue weighted by Crippen LogP contribution is -2.32. The molecule has 1 aromatic carbocycles. The molecule has 0 bridgehead atoms. The van der Waals surface area contributed by atoms with Crippen LogP contribution in [-0.2, 0) is 4.79 Å². The van der Waals surface area contributed by atoms with Crippen LogP contribution in [0.25, 0.3) is 0 Å². The van der Waals surface area contributed by atoms with Crippen molar-refractivity contribution in [3.63, 3.8) is 0 Å². The van der Waals surface area contributed by atoms with E-state index in [9.17, 15) is 9.59 Å². The van der Waals surface area contributed by atoms with Gasteiger partial charge in [-0.15, -0.1) is 0 Å². The number of nitrogens with one attached hydrogen (secondary N) is 2. The van der Waals surface area contributed by atoms with Crippen molar-refractivity contribution in [1.29, 1.82) is 0 Å². The molecule has 0 atom stereocenters. The zero-order valence-electron chi connectivity index (χ0n) is 11.5.